The first-order valence-corrected chi connectivity index (χ1v) is 7.93. The predicted octanol–water partition coefficient (Wildman–Crippen LogP) is 1.98. The molecule has 1 amide bonds. The molecule has 3 rings (SSSR count). The van der Waals surface area contributed by atoms with Crippen molar-refractivity contribution in [3.05, 3.63) is 47.3 Å². The fourth-order valence-electron chi connectivity index (χ4n) is 2.58. The van der Waals surface area contributed by atoms with E-state index in [0.29, 0.717) is 11.5 Å². The van der Waals surface area contributed by atoms with Crippen molar-refractivity contribution in [2.24, 2.45) is 0 Å². The molecule has 0 radical (unpaired) electrons. The highest BCUT2D eigenvalue weighted by molar-refractivity contribution is 5.90. The fourth-order valence-corrected chi connectivity index (χ4v) is 2.58. The van der Waals surface area contributed by atoms with Gasteiger partial charge < -0.3 is 10.4 Å². The number of carbonyl (C=O) groups excluding carboxylic acids is 1. The molecule has 0 spiro atoms. The SMILES string of the molecule is Cc1cc(C)cc(-c2cc(NC(=O)Cn3cc([C@H](C)O)nn3)n[nH]2)c1. The Labute approximate surface area is 144 Å². The summed E-state index contributed by atoms with van der Waals surface area (Å²) in [6.45, 7) is 5.66. The number of aromatic nitrogens is 5. The van der Waals surface area contributed by atoms with Crippen LogP contribution in [-0.4, -0.2) is 36.2 Å². The van der Waals surface area contributed by atoms with Gasteiger partial charge >= 0.3 is 0 Å². The van der Waals surface area contributed by atoms with Crippen LogP contribution in [0, 0.1) is 13.8 Å². The Bertz CT molecular complexity index is 876. The van der Waals surface area contributed by atoms with Crippen LogP contribution >= 0.6 is 0 Å². The number of aliphatic hydroxyl groups is 1. The van der Waals surface area contributed by atoms with Gasteiger partial charge in [0.05, 0.1) is 18.0 Å². The molecule has 25 heavy (non-hydrogen) atoms. The first kappa shape index (κ1) is 16.8. The van der Waals surface area contributed by atoms with Crippen LogP contribution in [0.2, 0.25) is 0 Å². The van der Waals surface area contributed by atoms with Crippen molar-refractivity contribution in [2.75, 3.05) is 5.32 Å². The highest BCUT2D eigenvalue weighted by Gasteiger charge is 2.11. The van der Waals surface area contributed by atoms with E-state index in [-0.39, 0.29) is 12.5 Å². The molecule has 2 heterocycles. The van der Waals surface area contributed by atoms with Crippen LogP contribution in [0.25, 0.3) is 11.3 Å². The van der Waals surface area contributed by atoms with E-state index in [1.807, 2.05) is 13.8 Å². The van der Waals surface area contributed by atoms with Gasteiger partial charge in [-0.15, -0.1) is 5.10 Å². The monoisotopic (exact) mass is 340 g/mol. The van der Waals surface area contributed by atoms with E-state index < -0.39 is 6.10 Å². The first-order valence-electron chi connectivity index (χ1n) is 7.93. The molecule has 3 aromatic rings. The maximum Gasteiger partial charge on any atom is 0.247 e. The molecule has 0 saturated carbocycles. The molecule has 0 bridgehead atoms. The van der Waals surface area contributed by atoms with Gasteiger partial charge in [0.25, 0.3) is 0 Å². The molecule has 0 fully saturated rings. The Morgan fingerprint density at radius 1 is 1.28 bits per heavy atom. The third-order valence-corrected chi connectivity index (χ3v) is 3.67. The molecule has 0 aliphatic carbocycles. The minimum absolute atomic E-state index is 0.00847. The zero-order valence-electron chi connectivity index (χ0n) is 14.3. The number of amides is 1. The molecule has 8 nitrogen and oxygen atoms in total. The zero-order valence-corrected chi connectivity index (χ0v) is 14.3. The van der Waals surface area contributed by atoms with Crippen LogP contribution in [0.15, 0.2) is 30.5 Å². The third-order valence-electron chi connectivity index (χ3n) is 3.67. The summed E-state index contributed by atoms with van der Waals surface area (Å²) < 4.78 is 1.37. The molecule has 1 atom stereocenters. The van der Waals surface area contributed by atoms with E-state index in [1.165, 1.54) is 10.9 Å². The summed E-state index contributed by atoms with van der Waals surface area (Å²) in [7, 11) is 0. The maximum atomic E-state index is 12.1. The number of nitrogens with one attached hydrogen (secondary N) is 2. The number of H-pyrrole nitrogens is 1. The lowest BCUT2D eigenvalue weighted by Crippen LogP contribution is -2.19. The lowest BCUT2D eigenvalue weighted by atomic mass is 10.1. The number of aliphatic hydroxyl groups excluding tert-OH is 1. The second-order valence-corrected chi connectivity index (χ2v) is 6.11. The normalized spacial score (nSPS) is 12.2. The Hall–Kier alpha value is -3.00. The van der Waals surface area contributed by atoms with Gasteiger partial charge in [0.1, 0.15) is 12.2 Å². The number of aryl methyl sites for hydroxylation is 2. The van der Waals surface area contributed by atoms with Crippen LogP contribution in [0.1, 0.15) is 29.8 Å². The molecule has 3 N–H and O–H groups in total. The second kappa shape index (κ2) is 6.86. The van der Waals surface area contributed by atoms with Gasteiger partial charge in [0.2, 0.25) is 5.91 Å². The van der Waals surface area contributed by atoms with Crippen LogP contribution in [0.5, 0.6) is 0 Å². The minimum Gasteiger partial charge on any atom is -0.387 e. The number of rotatable bonds is 5. The summed E-state index contributed by atoms with van der Waals surface area (Å²) in [5.41, 5.74) is 4.60. The van der Waals surface area contributed by atoms with Crippen molar-refractivity contribution in [2.45, 2.75) is 33.4 Å². The molecule has 1 aromatic carbocycles. The highest BCUT2D eigenvalue weighted by atomic mass is 16.3. The average Bonchev–Trinajstić information content (AvgIpc) is 3.15. The molecule has 8 heteroatoms. The van der Waals surface area contributed by atoms with Crippen molar-refractivity contribution < 1.29 is 9.90 Å². The fraction of sp³-hybridized carbons (Fsp3) is 0.294. The first-order chi connectivity index (χ1) is 11.9. The Morgan fingerprint density at radius 2 is 2.00 bits per heavy atom. The van der Waals surface area contributed by atoms with E-state index in [9.17, 15) is 9.90 Å². The van der Waals surface area contributed by atoms with Gasteiger partial charge in [0, 0.05) is 11.6 Å². The summed E-state index contributed by atoms with van der Waals surface area (Å²) in [6, 6.07) is 8.00. The van der Waals surface area contributed by atoms with Gasteiger partial charge in [0.15, 0.2) is 5.82 Å². The second-order valence-electron chi connectivity index (χ2n) is 6.11. The Kier molecular flexibility index (Phi) is 4.62. The van der Waals surface area contributed by atoms with Gasteiger partial charge in [-0.05, 0) is 32.9 Å². The number of anilines is 1. The lowest BCUT2D eigenvalue weighted by molar-refractivity contribution is -0.117. The lowest BCUT2D eigenvalue weighted by Gasteiger charge is -2.02. The van der Waals surface area contributed by atoms with E-state index in [1.54, 1.807) is 13.0 Å². The van der Waals surface area contributed by atoms with Crippen molar-refractivity contribution in [1.82, 2.24) is 25.2 Å². The van der Waals surface area contributed by atoms with Crippen LogP contribution < -0.4 is 5.32 Å². The number of hydrogen-bond acceptors (Lipinski definition) is 5. The maximum absolute atomic E-state index is 12.1. The largest absolute Gasteiger partial charge is 0.387 e. The number of carbonyl (C=O) groups is 1. The van der Waals surface area contributed by atoms with Crippen molar-refractivity contribution in [3.8, 4) is 11.3 Å². The molecule has 0 unspecified atom stereocenters. The summed E-state index contributed by atoms with van der Waals surface area (Å²) in [5.74, 6) is 0.163. The summed E-state index contributed by atoms with van der Waals surface area (Å²) in [6.07, 6.45) is 0.818. The van der Waals surface area contributed by atoms with Crippen LogP contribution in [0.3, 0.4) is 0 Å². The molecular weight excluding hydrogens is 320 g/mol. The van der Waals surface area contributed by atoms with Gasteiger partial charge in [-0.2, -0.15) is 5.10 Å². The predicted molar refractivity (Wildman–Crippen MR) is 92.8 cm³/mol. The quantitative estimate of drug-likeness (QED) is 0.658. The molecule has 130 valence electrons. The zero-order chi connectivity index (χ0) is 18.0. The van der Waals surface area contributed by atoms with Gasteiger partial charge in [-0.3, -0.25) is 9.89 Å². The van der Waals surface area contributed by atoms with Crippen molar-refractivity contribution in [3.63, 3.8) is 0 Å². The van der Waals surface area contributed by atoms with Gasteiger partial charge in [-0.25, -0.2) is 4.68 Å². The Balaban J connectivity index is 1.67. The summed E-state index contributed by atoms with van der Waals surface area (Å²) in [4.78, 5) is 12.1. The van der Waals surface area contributed by atoms with E-state index in [0.717, 1.165) is 22.4 Å². The molecular formula is C17H20N6O2. The highest BCUT2D eigenvalue weighted by Crippen LogP contribution is 2.22. The number of hydrogen-bond donors (Lipinski definition) is 3. The van der Waals surface area contributed by atoms with E-state index >= 15 is 0 Å². The number of benzene rings is 1. The average molecular weight is 340 g/mol. The molecule has 2 aromatic heterocycles. The van der Waals surface area contributed by atoms with E-state index in [2.05, 4.69) is 44.0 Å². The van der Waals surface area contributed by atoms with Crippen molar-refractivity contribution >= 4 is 11.7 Å². The Morgan fingerprint density at radius 3 is 2.64 bits per heavy atom. The van der Waals surface area contributed by atoms with Crippen molar-refractivity contribution in [1.29, 1.82) is 0 Å². The third kappa shape index (κ3) is 4.10. The van der Waals surface area contributed by atoms with Crippen LogP contribution in [-0.2, 0) is 11.3 Å². The summed E-state index contributed by atoms with van der Waals surface area (Å²) in [5, 5.41) is 26.8. The molecule has 0 aliphatic rings. The molecule has 0 saturated heterocycles. The topological polar surface area (TPSA) is 109 Å². The minimum atomic E-state index is -0.719. The van der Waals surface area contributed by atoms with E-state index in [4.69, 9.17) is 0 Å². The number of aromatic amines is 1. The number of nitrogens with zero attached hydrogens (tertiary/aromatic N) is 4. The summed E-state index contributed by atoms with van der Waals surface area (Å²) >= 11 is 0. The molecule has 0 aliphatic heterocycles. The van der Waals surface area contributed by atoms with Gasteiger partial charge in [-0.1, -0.05) is 22.4 Å². The standard InChI is InChI=1S/C17H20N6O2/c1-10-4-11(2)6-13(5-10)14-7-16(21-19-14)18-17(25)9-23-8-15(12(3)24)20-22-23/h4-8,12,24H,9H2,1-3H3,(H2,18,19,21,25)/t12-/m0/s1. The van der Waals surface area contributed by atoms with Crippen LogP contribution in [0.4, 0.5) is 5.82 Å². The smallest absolute Gasteiger partial charge is 0.247 e.